The molecule has 0 unspecified atom stereocenters. The normalized spacial score (nSPS) is 20.9. The quantitative estimate of drug-likeness (QED) is 0.896. The summed E-state index contributed by atoms with van der Waals surface area (Å²) in [7, 11) is 0. The first-order chi connectivity index (χ1) is 8.70. The number of nitrogens with one attached hydrogen (secondary N) is 1. The summed E-state index contributed by atoms with van der Waals surface area (Å²) in [6.45, 7) is 2.10. The molecule has 1 aliphatic rings. The van der Waals surface area contributed by atoms with Gasteiger partial charge in [-0.2, -0.15) is 11.8 Å². The van der Waals surface area contributed by atoms with Crippen LogP contribution in [0.3, 0.4) is 0 Å². The summed E-state index contributed by atoms with van der Waals surface area (Å²) in [6, 6.07) is 5.38. The third-order valence-electron chi connectivity index (χ3n) is 3.13. The fourth-order valence-electron chi connectivity index (χ4n) is 2.16. The maximum Gasteiger partial charge on any atom is 0.138 e. The number of ether oxygens (including phenoxy) is 1. The zero-order chi connectivity index (χ0) is 13.0. The number of hydrogen-bond acceptors (Lipinski definition) is 3. The molecule has 18 heavy (non-hydrogen) atoms. The van der Waals surface area contributed by atoms with E-state index in [-0.39, 0.29) is 6.10 Å². The average Bonchev–Trinajstić information content (AvgIpc) is 2.85. The second kappa shape index (κ2) is 6.90. The van der Waals surface area contributed by atoms with Crippen LogP contribution in [0, 0.1) is 5.92 Å². The van der Waals surface area contributed by atoms with Crippen LogP contribution in [0.4, 0.5) is 0 Å². The molecule has 1 heterocycles. The Balaban J connectivity index is 2.07. The molecule has 100 valence electrons. The molecule has 0 amide bonds. The summed E-state index contributed by atoms with van der Waals surface area (Å²) in [5, 5.41) is 4.60. The molecule has 1 aliphatic heterocycles. The van der Waals surface area contributed by atoms with E-state index in [0.717, 1.165) is 31.0 Å². The van der Waals surface area contributed by atoms with Gasteiger partial charge in [0.1, 0.15) is 11.9 Å². The Morgan fingerprint density at radius 2 is 2.33 bits per heavy atom. The number of halogens is 2. The second-order valence-electron chi connectivity index (χ2n) is 4.44. The Hall–Kier alpha value is -0.0900. The van der Waals surface area contributed by atoms with Crippen molar-refractivity contribution in [2.24, 2.45) is 5.92 Å². The highest BCUT2D eigenvalue weighted by Crippen LogP contribution is 2.30. The van der Waals surface area contributed by atoms with Gasteiger partial charge in [0.05, 0.1) is 5.02 Å². The van der Waals surface area contributed by atoms with Crippen molar-refractivity contribution in [3.05, 3.63) is 28.2 Å². The fourth-order valence-corrected chi connectivity index (χ4v) is 3.28. The Bertz CT molecular complexity index is 397. The van der Waals surface area contributed by atoms with E-state index in [4.69, 9.17) is 27.9 Å². The van der Waals surface area contributed by atoms with Gasteiger partial charge in [-0.15, -0.1) is 0 Å². The number of thioether (sulfide) groups is 1. The van der Waals surface area contributed by atoms with E-state index in [9.17, 15) is 0 Å². The number of benzene rings is 1. The van der Waals surface area contributed by atoms with Gasteiger partial charge in [0.25, 0.3) is 0 Å². The minimum Gasteiger partial charge on any atom is -0.488 e. The van der Waals surface area contributed by atoms with Gasteiger partial charge >= 0.3 is 0 Å². The van der Waals surface area contributed by atoms with Gasteiger partial charge in [-0.3, -0.25) is 0 Å². The maximum absolute atomic E-state index is 6.15. The van der Waals surface area contributed by atoms with Crippen molar-refractivity contribution in [3.8, 4) is 5.75 Å². The molecule has 0 bridgehead atoms. The van der Waals surface area contributed by atoms with E-state index < -0.39 is 0 Å². The molecule has 1 fully saturated rings. The molecule has 0 radical (unpaired) electrons. The van der Waals surface area contributed by atoms with Gasteiger partial charge in [0.2, 0.25) is 0 Å². The van der Waals surface area contributed by atoms with Gasteiger partial charge in [-0.25, -0.2) is 0 Å². The molecule has 0 aliphatic carbocycles. The zero-order valence-corrected chi connectivity index (χ0v) is 12.6. The lowest BCUT2D eigenvalue weighted by Gasteiger charge is -2.24. The van der Waals surface area contributed by atoms with Crippen LogP contribution in [0.5, 0.6) is 5.75 Å². The largest absolute Gasteiger partial charge is 0.488 e. The average molecular weight is 306 g/mol. The number of hydrogen-bond donors (Lipinski definition) is 1. The predicted molar refractivity (Wildman–Crippen MR) is 80.2 cm³/mol. The van der Waals surface area contributed by atoms with E-state index in [2.05, 4.69) is 11.6 Å². The van der Waals surface area contributed by atoms with Crippen LogP contribution in [0.1, 0.15) is 6.42 Å². The van der Waals surface area contributed by atoms with Crippen molar-refractivity contribution in [2.75, 3.05) is 25.1 Å². The monoisotopic (exact) mass is 305 g/mol. The van der Waals surface area contributed by atoms with Gasteiger partial charge in [-0.1, -0.05) is 23.2 Å². The summed E-state index contributed by atoms with van der Waals surface area (Å²) in [5.74, 6) is 2.27. The molecular formula is C13H17Cl2NOS. The van der Waals surface area contributed by atoms with Gasteiger partial charge in [0, 0.05) is 23.2 Å². The molecule has 1 saturated heterocycles. The van der Waals surface area contributed by atoms with Crippen molar-refractivity contribution in [1.82, 2.24) is 5.32 Å². The summed E-state index contributed by atoms with van der Waals surface area (Å²) in [5.41, 5.74) is 0. The summed E-state index contributed by atoms with van der Waals surface area (Å²) >= 11 is 13.8. The minimum atomic E-state index is 0.202. The van der Waals surface area contributed by atoms with Crippen LogP contribution < -0.4 is 10.1 Å². The first kappa shape index (κ1) is 14.3. The van der Waals surface area contributed by atoms with Crippen LogP contribution in [-0.4, -0.2) is 31.2 Å². The summed E-state index contributed by atoms with van der Waals surface area (Å²) < 4.78 is 6.07. The molecule has 5 heteroatoms. The molecule has 1 N–H and O–H groups in total. The van der Waals surface area contributed by atoms with E-state index in [1.807, 2.05) is 12.1 Å². The lowest BCUT2D eigenvalue weighted by atomic mass is 10.0. The van der Waals surface area contributed by atoms with Gasteiger partial charge < -0.3 is 10.1 Å². The third-order valence-corrected chi connectivity index (χ3v) is 4.32. The zero-order valence-electron chi connectivity index (χ0n) is 10.3. The van der Waals surface area contributed by atoms with E-state index >= 15 is 0 Å². The lowest BCUT2D eigenvalue weighted by molar-refractivity contribution is 0.166. The Morgan fingerprint density at radius 1 is 1.50 bits per heavy atom. The molecule has 0 aromatic heterocycles. The second-order valence-corrected chi connectivity index (χ2v) is 6.19. The van der Waals surface area contributed by atoms with Crippen molar-refractivity contribution >= 4 is 35.0 Å². The molecule has 1 aromatic carbocycles. The highest BCUT2D eigenvalue weighted by molar-refractivity contribution is 7.98. The van der Waals surface area contributed by atoms with Crippen LogP contribution in [0.25, 0.3) is 0 Å². The molecule has 2 rings (SSSR count). The smallest absolute Gasteiger partial charge is 0.138 e. The topological polar surface area (TPSA) is 21.3 Å². The molecule has 1 aromatic rings. The van der Waals surface area contributed by atoms with Crippen LogP contribution in [0.15, 0.2) is 18.2 Å². The summed E-state index contributed by atoms with van der Waals surface area (Å²) in [4.78, 5) is 0. The highest BCUT2D eigenvalue weighted by Gasteiger charge is 2.26. The van der Waals surface area contributed by atoms with Crippen LogP contribution >= 0.6 is 35.0 Å². The molecular weight excluding hydrogens is 289 g/mol. The standard InChI is InChI=1S/C13H17Cl2NOS/c1-18-8-13(9-4-5-16-7-9)17-12-3-2-10(14)6-11(12)15/h2-3,6,9,13,16H,4-5,7-8H2,1H3/t9-,13+/m0/s1. The van der Waals surface area contributed by atoms with Crippen LogP contribution in [0.2, 0.25) is 10.0 Å². The molecule has 0 saturated carbocycles. The van der Waals surface area contributed by atoms with E-state index in [1.54, 1.807) is 17.8 Å². The van der Waals surface area contributed by atoms with Crippen molar-refractivity contribution < 1.29 is 4.74 Å². The van der Waals surface area contributed by atoms with Crippen molar-refractivity contribution in [3.63, 3.8) is 0 Å². The first-order valence-electron chi connectivity index (χ1n) is 6.02. The Kier molecular flexibility index (Phi) is 5.49. The first-order valence-corrected chi connectivity index (χ1v) is 8.17. The lowest BCUT2D eigenvalue weighted by Crippen LogP contribution is -2.31. The minimum absolute atomic E-state index is 0.202. The van der Waals surface area contributed by atoms with E-state index in [0.29, 0.717) is 16.0 Å². The fraction of sp³-hybridized carbons (Fsp3) is 0.538. The van der Waals surface area contributed by atoms with Crippen molar-refractivity contribution in [2.45, 2.75) is 12.5 Å². The Labute approximate surface area is 122 Å². The maximum atomic E-state index is 6.15. The Morgan fingerprint density at radius 3 is 2.94 bits per heavy atom. The third kappa shape index (κ3) is 3.70. The van der Waals surface area contributed by atoms with E-state index in [1.165, 1.54) is 0 Å². The SMILES string of the molecule is CSC[C@@H](Oc1ccc(Cl)cc1Cl)[C@H]1CCNC1. The summed E-state index contributed by atoms with van der Waals surface area (Å²) in [6.07, 6.45) is 3.47. The van der Waals surface area contributed by atoms with Gasteiger partial charge in [-0.05, 0) is 37.4 Å². The molecule has 0 spiro atoms. The number of rotatable bonds is 5. The molecule has 2 atom stereocenters. The highest BCUT2D eigenvalue weighted by atomic mass is 35.5. The predicted octanol–water partition coefficient (Wildman–Crippen LogP) is 3.71. The van der Waals surface area contributed by atoms with Gasteiger partial charge in [0.15, 0.2) is 0 Å². The molecule has 2 nitrogen and oxygen atoms in total. The van der Waals surface area contributed by atoms with Crippen LogP contribution in [-0.2, 0) is 0 Å². The van der Waals surface area contributed by atoms with Crippen molar-refractivity contribution in [1.29, 1.82) is 0 Å².